The molecule has 0 aliphatic rings. The molecule has 0 radical (unpaired) electrons. The molecule has 150 valence electrons. The standard InChI is InChI=1S/C18H16N4O7/c1-11-16(17(24)21(20(11)2)12-6-4-3-5-7-12)19-14(23)10-28-18(25)13-8-9-15(29-13)22(26)27/h3-9H,10H2,1-2H3,(H,19,23). The Balaban J connectivity index is 1.70. The lowest BCUT2D eigenvalue weighted by Gasteiger charge is -2.07. The summed E-state index contributed by atoms with van der Waals surface area (Å²) in [4.78, 5) is 46.4. The monoisotopic (exact) mass is 400 g/mol. The molecule has 0 unspecified atom stereocenters. The number of nitro groups is 1. The van der Waals surface area contributed by atoms with Crippen LogP contribution in [-0.4, -0.2) is 32.8 Å². The second-order valence-electron chi connectivity index (χ2n) is 5.96. The molecule has 29 heavy (non-hydrogen) atoms. The summed E-state index contributed by atoms with van der Waals surface area (Å²) in [5, 5.41) is 13.0. The molecule has 0 aliphatic carbocycles. The molecule has 0 aliphatic heterocycles. The first kappa shape index (κ1) is 19.6. The number of esters is 1. The maximum Gasteiger partial charge on any atom is 0.433 e. The first-order valence-corrected chi connectivity index (χ1v) is 8.35. The summed E-state index contributed by atoms with van der Waals surface area (Å²) in [5.41, 5.74) is 0.721. The van der Waals surface area contributed by atoms with E-state index >= 15 is 0 Å². The minimum atomic E-state index is -1.04. The minimum absolute atomic E-state index is 0.0473. The van der Waals surface area contributed by atoms with Crippen molar-refractivity contribution in [3.8, 4) is 5.69 Å². The molecule has 11 heteroatoms. The lowest BCUT2D eigenvalue weighted by atomic mass is 10.3. The molecular formula is C18H16N4O7. The predicted molar refractivity (Wildman–Crippen MR) is 100 cm³/mol. The van der Waals surface area contributed by atoms with Crippen molar-refractivity contribution in [3.05, 3.63) is 74.4 Å². The number of amides is 1. The van der Waals surface area contributed by atoms with E-state index in [2.05, 4.69) is 5.32 Å². The number of anilines is 1. The van der Waals surface area contributed by atoms with Gasteiger partial charge in [-0.05, 0) is 25.1 Å². The minimum Gasteiger partial charge on any atom is -0.450 e. The third-order valence-corrected chi connectivity index (χ3v) is 4.13. The number of para-hydroxylation sites is 1. The van der Waals surface area contributed by atoms with Crippen molar-refractivity contribution in [2.75, 3.05) is 11.9 Å². The van der Waals surface area contributed by atoms with Crippen molar-refractivity contribution in [3.63, 3.8) is 0 Å². The summed E-state index contributed by atoms with van der Waals surface area (Å²) in [7, 11) is 1.67. The zero-order valence-corrected chi connectivity index (χ0v) is 15.4. The number of carbonyl (C=O) groups excluding carboxylic acids is 2. The largest absolute Gasteiger partial charge is 0.450 e. The van der Waals surface area contributed by atoms with E-state index in [1.165, 1.54) is 4.68 Å². The van der Waals surface area contributed by atoms with E-state index in [0.29, 0.717) is 11.4 Å². The summed E-state index contributed by atoms with van der Waals surface area (Å²) >= 11 is 0. The van der Waals surface area contributed by atoms with Gasteiger partial charge in [-0.2, -0.15) is 0 Å². The number of hydrogen-bond donors (Lipinski definition) is 1. The molecule has 0 saturated heterocycles. The summed E-state index contributed by atoms with van der Waals surface area (Å²) in [6.45, 7) is 0.955. The Morgan fingerprint density at radius 2 is 1.90 bits per heavy atom. The summed E-state index contributed by atoms with van der Waals surface area (Å²) in [5.74, 6) is -2.82. The highest BCUT2D eigenvalue weighted by Gasteiger charge is 2.21. The first-order valence-electron chi connectivity index (χ1n) is 8.35. The van der Waals surface area contributed by atoms with Crippen LogP contribution in [0, 0.1) is 17.0 Å². The Kier molecular flexibility index (Phi) is 5.30. The van der Waals surface area contributed by atoms with Crippen molar-refractivity contribution in [2.24, 2.45) is 7.05 Å². The molecule has 0 saturated carbocycles. The molecule has 0 atom stereocenters. The van der Waals surface area contributed by atoms with Crippen LogP contribution in [0.3, 0.4) is 0 Å². The van der Waals surface area contributed by atoms with Crippen molar-refractivity contribution >= 4 is 23.4 Å². The zero-order valence-electron chi connectivity index (χ0n) is 15.4. The highest BCUT2D eigenvalue weighted by molar-refractivity contribution is 5.95. The third-order valence-electron chi connectivity index (χ3n) is 4.13. The van der Waals surface area contributed by atoms with Gasteiger partial charge >= 0.3 is 11.9 Å². The molecule has 3 aromatic rings. The summed E-state index contributed by atoms with van der Waals surface area (Å²) in [6.07, 6.45) is 0. The summed E-state index contributed by atoms with van der Waals surface area (Å²) < 4.78 is 12.4. The van der Waals surface area contributed by atoms with Gasteiger partial charge in [0.2, 0.25) is 5.76 Å². The predicted octanol–water partition coefficient (Wildman–Crippen LogP) is 1.78. The average Bonchev–Trinajstić information content (AvgIpc) is 3.27. The van der Waals surface area contributed by atoms with Crippen molar-refractivity contribution in [2.45, 2.75) is 6.92 Å². The number of aromatic nitrogens is 2. The van der Waals surface area contributed by atoms with Gasteiger partial charge in [-0.3, -0.25) is 24.4 Å². The fourth-order valence-electron chi connectivity index (χ4n) is 2.63. The number of furan rings is 1. The Labute approximate surface area is 163 Å². The second-order valence-corrected chi connectivity index (χ2v) is 5.96. The number of nitrogens with zero attached hydrogens (tertiary/aromatic N) is 3. The maximum atomic E-state index is 12.7. The van der Waals surface area contributed by atoms with Gasteiger partial charge in [0.05, 0.1) is 17.4 Å². The highest BCUT2D eigenvalue weighted by atomic mass is 16.7. The molecule has 11 nitrogen and oxygen atoms in total. The van der Waals surface area contributed by atoms with Gasteiger partial charge in [0.1, 0.15) is 10.6 Å². The maximum absolute atomic E-state index is 12.7. The van der Waals surface area contributed by atoms with Gasteiger partial charge < -0.3 is 14.5 Å². The normalized spacial score (nSPS) is 10.6. The molecule has 2 heterocycles. The summed E-state index contributed by atoms with van der Waals surface area (Å²) in [6, 6.07) is 10.9. The lowest BCUT2D eigenvalue weighted by Crippen LogP contribution is -2.25. The molecule has 1 N–H and O–H groups in total. The first-order chi connectivity index (χ1) is 13.8. The number of ether oxygens (including phenoxy) is 1. The molecule has 3 rings (SSSR count). The van der Waals surface area contributed by atoms with E-state index in [4.69, 9.17) is 9.15 Å². The number of rotatable bonds is 6. The molecular weight excluding hydrogens is 384 g/mol. The van der Waals surface area contributed by atoms with Crippen molar-refractivity contribution < 1.29 is 23.7 Å². The van der Waals surface area contributed by atoms with Gasteiger partial charge in [-0.25, -0.2) is 9.48 Å². The molecule has 1 amide bonds. The van der Waals surface area contributed by atoms with E-state index in [1.807, 2.05) is 6.07 Å². The Morgan fingerprint density at radius 3 is 2.52 bits per heavy atom. The number of nitrogens with one attached hydrogen (secondary N) is 1. The Morgan fingerprint density at radius 1 is 1.21 bits per heavy atom. The van der Waals surface area contributed by atoms with Gasteiger partial charge in [-0.15, -0.1) is 0 Å². The van der Waals surface area contributed by atoms with E-state index in [-0.39, 0.29) is 5.69 Å². The van der Waals surface area contributed by atoms with Crippen LogP contribution >= 0.6 is 0 Å². The average molecular weight is 400 g/mol. The van der Waals surface area contributed by atoms with Crippen molar-refractivity contribution in [1.29, 1.82) is 0 Å². The van der Waals surface area contributed by atoms with Crippen LogP contribution in [0.1, 0.15) is 16.2 Å². The second kappa shape index (κ2) is 7.84. The molecule has 2 aromatic heterocycles. The number of hydrogen-bond acceptors (Lipinski definition) is 7. The van der Waals surface area contributed by atoms with Gasteiger partial charge in [0.25, 0.3) is 11.5 Å². The van der Waals surface area contributed by atoms with Crippen LogP contribution in [0.15, 0.2) is 51.7 Å². The van der Waals surface area contributed by atoms with Crippen LogP contribution in [0.5, 0.6) is 0 Å². The smallest absolute Gasteiger partial charge is 0.433 e. The topological polar surface area (TPSA) is 139 Å². The van der Waals surface area contributed by atoms with E-state index < -0.39 is 40.6 Å². The van der Waals surface area contributed by atoms with Crippen LogP contribution in [0.25, 0.3) is 5.69 Å². The number of carbonyl (C=O) groups is 2. The van der Waals surface area contributed by atoms with E-state index in [9.17, 15) is 24.5 Å². The quantitative estimate of drug-likeness (QED) is 0.378. The molecule has 0 fully saturated rings. The fraction of sp³-hybridized carbons (Fsp3) is 0.167. The van der Waals surface area contributed by atoms with E-state index in [0.717, 1.165) is 12.1 Å². The van der Waals surface area contributed by atoms with Crippen LogP contribution in [0.4, 0.5) is 11.6 Å². The third kappa shape index (κ3) is 3.93. The zero-order chi connectivity index (χ0) is 21.1. The van der Waals surface area contributed by atoms with Gasteiger partial charge in [0.15, 0.2) is 6.61 Å². The van der Waals surface area contributed by atoms with E-state index in [1.54, 1.807) is 42.9 Å². The Bertz CT molecular complexity index is 1140. The van der Waals surface area contributed by atoms with Gasteiger partial charge in [-0.1, -0.05) is 18.2 Å². The lowest BCUT2D eigenvalue weighted by molar-refractivity contribution is -0.402. The van der Waals surface area contributed by atoms with Gasteiger partial charge in [0, 0.05) is 7.05 Å². The highest BCUT2D eigenvalue weighted by Crippen LogP contribution is 2.17. The number of benzene rings is 1. The van der Waals surface area contributed by atoms with Crippen molar-refractivity contribution in [1.82, 2.24) is 9.36 Å². The fourth-order valence-corrected chi connectivity index (χ4v) is 2.63. The molecule has 0 spiro atoms. The SMILES string of the molecule is Cc1c(NC(=O)COC(=O)c2ccc([N+](=O)[O-])o2)c(=O)n(-c2ccccc2)n1C. The Hall–Kier alpha value is -4.15. The van der Waals surface area contributed by atoms with Crippen LogP contribution < -0.4 is 10.9 Å². The van der Waals surface area contributed by atoms with Crippen LogP contribution in [0.2, 0.25) is 0 Å². The molecule has 0 bridgehead atoms. The van der Waals surface area contributed by atoms with Crippen LogP contribution in [-0.2, 0) is 16.6 Å². The molecule has 1 aromatic carbocycles.